The fourth-order valence-corrected chi connectivity index (χ4v) is 3.83. The highest BCUT2D eigenvalue weighted by molar-refractivity contribution is 7.89. The molecule has 0 bridgehead atoms. The van der Waals surface area contributed by atoms with Crippen LogP contribution in [-0.4, -0.2) is 26.9 Å². The van der Waals surface area contributed by atoms with Crippen molar-refractivity contribution in [3.63, 3.8) is 0 Å². The molecule has 1 heterocycles. The molecule has 1 aromatic heterocycles. The second-order valence-electron chi connectivity index (χ2n) is 6.82. The lowest BCUT2D eigenvalue weighted by molar-refractivity contribution is -0.119. The largest absolute Gasteiger partial charge is 0.468 e. The summed E-state index contributed by atoms with van der Waals surface area (Å²) in [4.78, 5) is 24.3. The number of ether oxygens (including phenoxy) is 1. The molecule has 0 spiro atoms. The number of para-hydroxylation sites is 1. The average Bonchev–Trinajstić information content (AvgIpc) is 3.27. The number of hydrogen-bond donors (Lipinski definition) is 2. The predicted octanol–water partition coefficient (Wildman–Crippen LogP) is 3.17. The number of benzene rings is 2. The molecule has 0 saturated carbocycles. The van der Waals surface area contributed by atoms with Crippen LogP contribution in [0.5, 0.6) is 0 Å². The summed E-state index contributed by atoms with van der Waals surface area (Å²) in [7, 11) is -3.77. The molecule has 2 aromatic carbocycles. The van der Waals surface area contributed by atoms with E-state index >= 15 is 0 Å². The van der Waals surface area contributed by atoms with E-state index in [9.17, 15) is 18.0 Å². The molecular formula is C22H22N2O6S. The average molecular weight is 442 g/mol. The second kappa shape index (κ2) is 9.59. The highest BCUT2D eigenvalue weighted by Gasteiger charge is 2.17. The Labute approximate surface area is 180 Å². The molecule has 31 heavy (non-hydrogen) atoms. The zero-order valence-electron chi connectivity index (χ0n) is 17.0. The molecule has 1 amide bonds. The molecule has 0 aliphatic heterocycles. The van der Waals surface area contributed by atoms with Crippen LogP contribution in [0.15, 0.2) is 70.2 Å². The lowest BCUT2D eigenvalue weighted by atomic mass is 10.1. The predicted molar refractivity (Wildman–Crippen MR) is 114 cm³/mol. The number of carbonyl (C=O) groups excluding carboxylic acids is 2. The van der Waals surface area contributed by atoms with Crippen LogP contribution in [-0.2, 0) is 26.1 Å². The highest BCUT2D eigenvalue weighted by atomic mass is 32.2. The maximum atomic E-state index is 12.3. The Balaban J connectivity index is 1.55. The van der Waals surface area contributed by atoms with Gasteiger partial charge in [0.1, 0.15) is 5.76 Å². The van der Waals surface area contributed by atoms with E-state index in [4.69, 9.17) is 9.15 Å². The van der Waals surface area contributed by atoms with Gasteiger partial charge in [0.05, 0.1) is 23.3 Å². The third-order valence-corrected chi connectivity index (χ3v) is 5.91. The molecule has 0 radical (unpaired) electrons. The van der Waals surface area contributed by atoms with Crippen molar-refractivity contribution in [2.24, 2.45) is 0 Å². The van der Waals surface area contributed by atoms with Gasteiger partial charge >= 0.3 is 5.97 Å². The number of esters is 1. The van der Waals surface area contributed by atoms with E-state index in [-0.39, 0.29) is 17.0 Å². The number of furan rings is 1. The zero-order chi connectivity index (χ0) is 22.4. The summed E-state index contributed by atoms with van der Waals surface area (Å²) >= 11 is 0. The summed E-state index contributed by atoms with van der Waals surface area (Å²) in [5.41, 5.74) is 2.61. The topological polar surface area (TPSA) is 115 Å². The number of sulfonamides is 1. The van der Waals surface area contributed by atoms with Crippen molar-refractivity contribution in [3.8, 4) is 0 Å². The highest BCUT2D eigenvalue weighted by Crippen LogP contribution is 2.19. The molecule has 0 saturated heterocycles. The number of nitrogens with one attached hydrogen (secondary N) is 2. The molecule has 0 fully saturated rings. The molecule has 3 aromatic rings. The normalized spacial score (nSPS) is 11.2. The number of anilines is 1. The lowest BCUT2D eigenvalue weighted by Crippen LogP contribution is -2.23. The van der Waals surface area contributed by atoms with E-state index in [1.807, 2.05) is 32.0 Å². The summed E-state index contributed by atoms with van der Waals surface area (Å²) in [5, 5.41) is 2.73. The Kier molecular flexibility index (Phi) is 6.88. The van der Waals surface area contributed by atoms with Gasteiger partial charge in [-0.05, 0) is 61.4 Å². The van der Waals surface area contributed by atoms with E-state index in [1.54, 1.807) is 12.1 Å². The van der Waals surface area contributed by atoms with Gasteiger partial charge in [-0.15, -0.1) is 0 Å². The SMILES string of the molecule is Cc1cccc(C)c1NC(=O)COC(=O)c1ccc(S(=O)(=O)NCc2ccco2)cc1. The van der Waals surface area contributed by atoms with Crippen molar-refractivity contribution in [2.45, 2.75) is 25.3 Å². The Bertz CT molecular complexity index is 1150. The van der Waals surface area contributed by atoms with Crippen LogP contribution in [0.2, 0.25) is 0 Å². The third-order valence-electron chi connectivity index (χ3n) is 4.50. The molecule has 162 valence electrons. The molecule has 2 N–H and O–H groups in total. The van der Waals surface area contributed by atoms with Crippen LogP contribution in [0, 0.1) is 13.8 Å². The van der Waals surface area contributed by atoms with Crippen LogP contribution < -0.4 is 10.0 Å². The summed E-state index contributed by atoms with van der Waals surface area (Å²) < 4.78 is 37.2. The van der Waals surface area contributed by atoms with E-state index in [2.05, 4.69) is 10.0 Å². The van der Waals surface area contributed by atoms with Gasteiger partial charge in [-0.3, -0.25) is 4.79 Å². The van der Waals surface area contributed by atoms with Gasteiger partial charge in [0, 0.05) is 5.69 Å². The van der Waals surface area contributed by atoms with Gasteiger partial charge in [-0.2, -0.15) is 0 Å². The summed E-state index contributed by atoms with van der Waals surface area (Å²) in [6.07, 6.45) is 1.45. The lowest BCUT2D eigenvalue weighted by Gasteiger charge is -2.11. The first-order valence-electron chi connectivity index (χ1n) is 9.41. The smallest absolute Gasteiger partial charge is 0.338 e. The van der Waals surface area contributed by atoms with Crippen molar-refractivity contribution >= 4 is 27.6 Å². The molecule has 0 atom stereocenters. The molecule has 0 unspecified atom stereocenters. The number of aryl methyl sites for hydroxylation is 2. The first kappa shape index (κ1) is 22.3. The van der Waals surface area contributed by atoms with Crippen molar-refractivity contribution in [1.82, 2.24) is 4.72 Å². The fraction of sp³-hybridized carbons (Fsp3) is 0.182. The van der Waals surface area contributed by atoms with Gasteiger partial charge < -0.3 is 14.5 Å². The molecule has 0 aliphatic rings. The van der Waals surface area contributed by atoms with Crippen LogP contribution in [0.25, 0.3) is 0 Å². The molecular weight excluding hydrogens is 420 g/mol. The summed E-state index contributed by atoms with van der Waals surface area (Å²) in [6.45, 7) is 3.29. The molecule has 3 rings (SSSR count). The second-order valence-corrected chi connectivity index (χ2v) is 8.59. The minimum atomic E-state index is -3.77. The summed E-state index contributed by atoms with van der Waals surface area (Å²) in [6, 6.07) is 14.2. The van der Waals surface area contributed by atoms with Gasteiger partial charge in [0.2, 0.25) is 10.0 Å². The minimum Gasteiger partial charge on any atom is -0.468 e. The van der Waals surface area contributed by atoms with Crippen molar-refractivity contribution in [1.29, 1.82) is 0 Å². The van der Waals surface area contributed by atoms with Crippen LogP contribution >= 0.6 is 0 Å². The van der Waals surface area contributed by atoms with Gasteiger partial charge in [0.15, 0.2) is 6.61 Å². The summed E-state index contributed by atoms with van der Waals surface area (Å²) in [5.74, 6) is -0.723. The first-order valence-corrected chi connectivity index (χ1v) is 10.9. The van der Waals surface area contributed by atoms with Crippen LogP contribution in [0.1, 0.15) is 27.2 Å². The Morgan fingerprint density at radius 3 is 2.26 bits per heavy atom. The van der Waals surface area contributed by atoms with E-state index in [0.29, 0.717) is 11.4 Å². The molecule has 9 heteroatoms. The third kappa shape index (κ3) is 5.80. The Morgan fingerprint density at radius 2 is 1.65 bits per heavy atom. The quantitative estimate of drug-likeness (QED) is 0.518. The molecule has 8 nitrogen and oxygen atoms in total. The maximum Gasteiger partial charge on any atom is 0.338 e. The van der Waals surface area contributed by atoms with Crippen molar-refractivity contribution in [3.05, 3.63) is 83.3 Å². The number of hydrogen-bond acceptors (Lipinski definition) is 6. The van der Waals surface area contributed by atoms with Gasteiger partial charge in [-0.25, -0.2) is 17.9 Å². The van der Waals surface area contributed by atoms with Gasteiger partial charge in [0.25, 0.3) is 5.91 Å². The first-order chi connectivity index (χ1) is 14.8. The van der Waals surface area contributed by atoms with E-state index < -0.39 is 28.5 Å². The molecule has 0 aliphatic carbocycles. The monoisotopic (exact) mass is 442 g/mol. The van der Waals surface area contributed by atoms with E-state index in [1.165, 1.54) is 30.5 Å². The van der Waals surface area contributed by atoms with E-state index in [0.717, 1.165) is 11.1 Å². The van der Waals surface area contributed by atoms with Crippen LogP contribution in [0.4, 0.5) is 5.69 Å². The minimum absolute atomic E-state index is 0.00853. The fourth-order valence-electron chi connectivity index (χ4n) is 2.83. The number of rotatable bonds is 8. The van der Waals surface area contributed by atoms with Crippen molar-refractivity contribution < 1.29 is 27.2 Å². The number of carbonyl (C=O) groups is 2. The van der Waals surface area contributed by atoms with Gasteiger partial charge in [-0.1, -0.05) is 18.2 Å². The Hall–Kier alpha value is -3.43. The zero-order valence-corrected chi connectivity index (χ0v) is 17.9. The number of amides is 1. The maximum absolute atomic E-state index is 12.3. The Morgan fingerprint density at radius 1 is 0.968 bits per heavy atom. The standard InChI is InChI=1S/C22H22N2O6S/c1-15-5-3-6-16(2)21(15)24-20(25)14-30-22(26)17-8-10-19(11-9-17)31(27,28)23-13-18-7-4-12-29-18/h3-12,23H,13-14H2,1-2H3,(H,24,25). The van der Waals surface area contributed by atoms with Crippen LogP contribution in [0.3, 0.4) is 0 Å². The van der Waals surface area contributed by atoms with Crippen molar-refractivity contribution in [2.75, 3.05) is 11.9 Å².